The molecule has 0 spiro atoms. The molecule has 34 heavy (non-hydrogen) atoms. The summed E-state index contributed by atoms with van der Waals surface area (Å²) in [6.07, 6.45) is 3.72. The van der Waals surface area contributed by atoms with Gasteiger partial charge in [-0.2, -0.15) is 5.10 Å². The highest BCUT2D eigenvalue weighted by Crippen LogP contribution is 2.30. The van der Waals surface area contributed by atoms with Crippen molar-refractivity contribution in [3.05, 3.63) is 81.2 Å². The second kappa shape index (κ2) is 10.7. The number of hydrogen-bond acceptors (Lipinski definition) is 4. The Morgan fingerprint density at radius 2 is 1.76 bits per heavy atom. The Labute approximate surface area is 203 Å². The average Bonchev–Trinajstić information content (AvgIpc) is 3.18. The van der Waals surface area contributed by atoms with Crippen LogP contribution in [0.3, 0.4) is 0 Å². The predicted molar refractivity (Wildman–Crippen MR) is 137 cm³/mol. The molecule has 0 bridgehead atoms. The van der Waals surface area contributed by atoms with E-state index in [1.54, 1.807) is 0 Å². The van der Waals surface area contributed by atoms with Crippen molar-refractivity contribution in [1.29, 1.82) is 0 Å². The molecule has 0 amide bonds. The topological polar surface area (TPSA) is 47.4 Å². The van der Waals surface area contributed by atoms with Crippen molar-refractivity contribution in [1.82, 2.24) is 14.7 Å². The third kappa shape index (κ3) is 4.73. The summed E-state index contributed by atoms with van der Waals surface area (Å²) in [6.45, 7) is 13.9. The number of fused-ring (bicyclic) bond motifs is 1. The van der Waals surface area contributed by atoms with Crippen LogP contribution >= 0.6 is 0 Å². The molecule has 4 rings (SSSR count). The van der Waals surface area contributed by atoms with Crippen LogP contribution in [0.15, 0.2) is 36.4 Å². The molecule has 0 aliphatic carbocycles. The molecule has 0 saturated heterocycles. The zero-order valence-corrected chi connectivity index (χ0v) is 21.2. The lowest BCUT2D eigenvalue weighted by Crippen LogP contribution is -2.43. The smallest absolute Gasteiger partial charge is 0.150 e. The fourth-order valence-electron chi connectivity index (χ4n) is 5.39. The first-order valence-electron chi connectivity index (χ1n) is 12.6. The van der Waals surface area contributed by atoms with Crippen molar-refractivity contribution >= 4 is 6.29 Å². The van der Waals surface area contributed by atoms with Gasteiger partial charge in [-0.3, -0.25) is 9.69 Å². The van der Waals surface area contributed by atoms with Gasteiger partial charge in [0.25, 0.3) is 0 Å². The summed E-state index contributed by atoms with van der Waals surface area (Å²) >= 11 is 0. The molecule has 1 atom stereocenters. The van der Waals surface area contributed by atoms with Gasteiger partial charge in [0, 0.05) is 42.6 Å². The summed E-state index contributed by atoms with van der Waals surface area (Å²) in [5, 5.41) is 5.11. The van der Waals surface area contributed by atoms with E-state index in [0.717, 1.165) is 74.4 Å². The molecular formula is C29H37N3O2. The summed E-state index contributed by atoms with van der Waals surface area (Å²) in [5.74, 6) is 0. The van der Waals surface area contributed by atoms with E-state index in [9.17, 15) is 4.79 Å². The number of aryl methyl sites for hydroxylation is 3. The number of aldehydes is 1. The molecule has 5 nitrogen and oxygen atoms in total. The van der Waals surface area contributed by atoms with Crippen molar-refractivity contribution in [2.24, 2.45) is 0 Å². The Balaban J connectivity index is 1.75. The lowest BCUT2D eigenvalue weighted by Gasteiger charge is -2.37. The maximum absolute atomic E-state index is 11.4. The fraction of sp³-hybridized carbons (Fsp3) is 0.448. The molecule has 1 aliphatic rings. The van der Waals surface area contributed by atoms with Crippen molar-refractivity contribution in [2.45, 2.75) is 73.0 Å². The average molecular weight is 460 g/mol. The lowest BCUT2D eigenvalue weighted by molar-refractivity contribution is 0.0511. The highest BCUT2D eigenvalue weighted by atomic mass is 16.5. The molecule has 0 radical (unpaired) electrons. The maximum atomic E-state index is 11.4. The van der Waals surface area contributed by atoms with Crippen LogP contribution in [-0.4, -0.2) is 40.2 Å². The first-order chi connectivity index (χ1) is 16.5. The Morgan fingerprint density at radius 1 is 1.06 bits per heavy atom. The number of rotatable bonds is 9. The molecule has 3 aromatic rings. The van der Waals surface area contributed by atoms with Crippen LogP contribution in [-0.2, 0) is 37.1 Å². The van der Waals surface area contributed by atoms with E-state index in [4.69, 9.17) is 9.84 Å². The third-order valence-corrected chi connectivity index (χ3v) is 7.04. The number of benzene rings is 2. The molecule has 0 saturated carbocycles. The highest BCUT2D eigenvalue weighted by Gasteiger charge is 2.29. The van der Waals surface area contributed by atoms with E-state index in [1.165, 1.54) is 22.4 Å². The molecule has 0 N–H and O–H groups in total. The van der Waals surface area contributed by atoms with Gasteiger partial charge in [0.15, 0.2) is 0 Å². The minimum atomic E-state index is 0.350. The first-order valence-corrected chi connectivity index (χ1v) is 12.6. The summed E-state index contributed by atoms with van der Waals surface area (Å²) in [4.78, 5) is 13.9. The number of hydrogen-bond donors (Lipinski definition) is 0. The van der Waals surface area contributed by atoms with Gasteiger partial charge in [0.1, 0.15) is 6.29 Å². The predicted octanol–water partition coefficient (Wildman–Crippen LogP) is 5.39. The van der Waals surface area contributed by atoms with E-state index < -0.39 is 0 Å². The van der Waals surface area contributed by atoms with Gasteiger partial charge < -0.3 is 4.74 Å². The van der Waals surface area contributed by atoms with Gasteiger partial charge in [0.2, 0.25) is 0 Å². The monoisotopic (exact) mass is 459 g/mol. The lowest BCUT2D eigenvalue weighted by atomic mass is 9.93. The molecule has 0 fully saturated rings. The second-order valence-corrected chi connectivity index (χ2v) is 9.30. The summed E-state index contributed by atoms with van der Waals surface area (Å²) in [5.41, 5.74) is 10.6. The molecule has 2 aromatic carbocycles. The standard InChI is InChI=1S/C29H37N3O2/c1-6-27-26(17-31-16-24-12-10-9-11-23(24)15-25(31)19-34-8-3)28(7-2)32(30-27)29-20(4)13-22(18-33)14-21(29)5/h9-14,18,25H,6-8,15-17,19H2,1-5H3/t25-/m1/s1. The van der Waals surface area contributed by atoms with Gasteiger partial charge >= 0.3 is 0 Å². The molecule has 1 aromatic heterocycles. The van der Waals surface area contributed by atoms with Crippen LogP contribution in [0.5, 0.6) is 0 Å². The van der Waals surface area contributed by atoms with E-state index in [-0.39, 0.29) is 0 Å². The minimum absolute atomic E-state index is 0.350. The Bertz CT molecular complexity index is 1140. The van der Waals surface area contributed by atoms with Crippen LogP contribution in [0.1, 0.15) is 70.3 Å². The summed E-state index contributed by atoms with van der Waals surface area (Å²) in [6, 6.07) is 13.1. The molecular weight excluding hydrogens is 422 g/mol. The van der Waals surface area contributed by atoms with Crippen LogP contribution in [0.2, 0.25) is 0 Å². The number of aromatic nitrogens is 2. The zero-order valence-electron chi connectivity index (χ0n) is 21.2. The van der Waals surface area contributed by atoms with Crippen molar-refractivity contribution in [2.75, 3.05) is 13.2 Å². The van der Waals surface area contributed by atoms with Crippen molar-refractivity contribution < 1.29 is 9.53 Å². The van der Waals surface area contributed by atoms with Crippen molar-refractivity contribution in [3.8, 4) is 5.69 Å². The van der Waals surface area contributed by atoms with E-state index in [1.807, 2.05) is 12.1 Å². The van der Waals surface area contributed by atoms with Gasteiger partial charge in [-0.25, -0.2) is 4.68 Å². The quantitative estimate of drug-likeness (QED) is 0.403. The van der Waals surface area contributed by atoms with Crippen molar-refractivity contribution in [3.63, 3.8) is 0 Å². The summed E-state index contributed by atoms with van der Waals surface area (Å²) < 4.78 is 8.05. The Morgan fingerprint density at radius 3 is 2.38 bits per heavy atom. The van der Waals surface area contributed by atoms with E-state index in [2.05, 4.69) is 68.5 Å². The largest absolute Gasteiger partial charge is 0.380 e. The number of carbonyl (C=O) groups excluding carboxylic acids is 1. The van der Waals surface area contributed by atoms with Gasteiger partial charge in [0.05, 0.1) is 18.0 Å². The van der Waals surface area contributed by atoms with E-state index >= 15 is 0 Å². The third-order valence-electron chi connectivity index (χ3n) is 7.04. The van der Waals surface area contributed by atoms with Gasteiger partial charge in [-0.05, 0) is 74.4 Å². The molecule has 5 heteroatoms. The second-order valence-electron chi connectivity index (χ2n) is 9.30. The summed E-state index contributed by atoms with van der Waals surface area (Å²) in [7, 11) is 0. The maximum Gasteiger partial charge on any atom is 0.150 e. The molecule has 1 aliphatic heterocycles. The van der Waals surface area contributed by atoms with Crippen LogP contribution < -0.4 is 0 Å². The highest BCUT2D eigenvalue weighted by molar-refractivity contribution is 5.77. The normalized spacial score (nSPS) is 16.0. The molecule has 180 valence electrons. The Hall–Kier alpha value is -2.76. The number of ether oxygens (including phenoxy) is 1. The molecule has 2 heterocycles. The fourth-order valence-corrected chi connectivity index (χ4v) is 5.39. The van der Waals surface area contributed by atoms with Gasteiger partial charge in [-0.15, -0.1) is 0 Å². The first kappa shape index (κ1) is 24.4. The number of carbonyl (C=O) groups is 1. The van der Waals surface area contributed by atoms with Gasteiger partial charge in [-0.1, -0.05) is 38.1 Å². The Kier molecular flexibility index (Phi) is 7.64. The molecule has 0 unspecified atom stereocenters. The SMILES string of the molecule is CCOC[C@H]1Cc2ccccc2CN1Cc1c(CC)nn(-c2c(C)cc(C=O)cc2C)c1CC. The van der Waals surface area contributed by atoms with E-state index in [0.29, 0.717) is 11.6 Å². The van der Waals surface area contributed by atoms with Crippen LogP contribution in [0, 0.1) is 13.8 Å². The zero-order chi connectivity index (χ0) is 24.2. The number of nitrogens with zero attached hydrogens (tertiary/aromatic N) is 3. The minimum Gasteiger partial charge on any atom is -0.380 e. The van der Waals surface area contributed by atoms with Crippen LogP contribution in [0.25, 0.3) is 5.69 Å². The van der Waals surface area contributed by atoms with Crippen LogP contribution in [0.4, 0.5) is 0 Å².